The quantitative estimate of drug-likeness (QED) is 0.815. The second-order valence-electron chi connectivity index (χ2n) is 5.47. The molecule has 1 aromatic rings. The number of amides is 1. The van der Waals surface area contributed by atoms with Gasteiger partial charge in [0.2, 0.25) is 0 Å². The highest BCUT2D eigenvalue weighted by Crippen LogP contribution is 2.27. The van der Waals surface area contributed by atoms with E-state index < -0.39 is 11.2 Å². The van der Waals surface area contributed by atoms with E-state index in [0.717, 1.165) is 12.8 Å². The molecule has 0 spiro atoms. The topological polar surface area (TPSA) is 75.6 Å². The number of benzene rings is 1. The highest BCUT2D eigenvalue weighted by Gasteiger charge is 2.23. The van der Waals surface area contributed by atoms with Crippen LogP contribution in [0, 0.1) is 0 Å². The van der Waals surface area contributed by atoms with Gasteiger partial charge in [-0.1, -0.05) is 12.1 Å². The summed E-state index contributed by atoms with van der Waals surface area (Å²) in [5.41, 5.74) is 0.528. The van der Waals surface area contributed by atoms with Gasteiger partial charge in [0.05, 0.1) is 11.7 Å². The first-order chi connectivity index (χ1) is 10.5. The third kappa shape index (κ3) is 4.48. The molecule has 1 aliphatic rings. The predicted octanol–water partition coefficient (Wildman–Crippen LogP) is 2.55. The normalized spacial score (nSPS) is 22.8. The molecule has 1 fully saturated rings. The van der Waals surface area contributed by atoms with Crippen LogP contribution >= 0.6 is 11.8 Å². The Hall–Kier alpha value is -1.53. The van der Waals surface area contributed by atoms with Gasteiger partial charge < -0.3 is 15.2 Å². The fourth-order valence-corrected chi connectivity index (χ4v) is 3.32. The maximum absolute atomic E-state index is 12.5. The molecule has 6 heteroatoms. The van der Waals surface area contributed by atoms with Gasteiger partial charge in [0.25, 0.3) is 5.91 Å². The number of thioether (sulfide) groups is 1. The maximum atomic E-state index is 12.5. The number of carboxylic acid groups (broad SMARTS) is 1. The van der Waals surface area contributed by atoms with Crippen LogP contribution in [0.5, 0.6) is 0 Å². The summed E-state index contributed by atoms with van der Waals surface area (Å²) in [6.45, 7) is 4.26. The largest absolute Gasteiger partial charge is 0.480 e. The van der Waals surface area contributed by atoms with E-state index in [1.807, 2.05) is 13.0 Å². The summed E-state index contributed by atoms with van der Waals surface area (Å²) >= 11 is 1.18. The molecule has 22 heavy (non-hydrogen) atoms. The average molecular weight is 323 g/mol. The minimum Gasteiger partial charge on any atom is -0.480 e. The third-order valence-electron chi connectivity index (χ3n) is 3.60. The average Bonchev–Trinajstić information content (AvgIpc) is 2.47. The van der Waals surface area contributed by atoms with Crippen molar-refractivity contribution in [2.24, 2.45) is 0 Å². The molecule has 3 unspecified atom stereocenters. The Morgan fingerprint density at radius 3 is 2.82 bits per heavy atom. The van der Waals surface area contributed by atoms with Crippen LogP contribution in [-0.4, -0.2) is 41.0 Å². The molecule has 5 nitrogen and oxygen atoms in total. The highest BCUT2D eigenvalue weighted by atomic mass is 32.2. The fourth-order valence-electron chi connectivity index (χ4n) is 2.39. The molecule has 1 heterocycles. The summed E-state index contributed by atoms with van der Waals surface area (Å²) in [5, 5.41) is 11.5. The summed E-state index contributed by atoms with van der Waals surface area (Å²) in [6, 6.07) is 7.22. The lowest BCUT2D eigenvalue weighted by molar-refractivity contribution is -0.136. The standard InChI is InChI=1S/C16H21NO4S/c1-10-9-12(7-8-21-10)17-15(18)13-5-3-4-6-14(13)22-11(2)16(19)20/h3-6,10-12H,7-9H2,1-2H3,(H,17,18)(H,19,20). The van der Waals surface area contributed by atoms with Gasteiger partial charge in [-0.15, -0.1) is 11.8 Å². The van der Waals surface area contributed by atoms with Crippen molar-refractivity contribution >= 4 is 23.6 Å². The van der Waals surface area contributed by atoms with Crippen LogP contribution in [0.3, 0.4) is 0 Å². The van der Waals surface area contributed by atoms with Gasteiger partial charge in [0.1, 0.15) is 5.25 Å². The molecule has 0 aromatic heterocycles. The van der Waals surface area contributed by atoms with Crippen LogP contribution in [0.2, 0.25) is 0 Å². The second-order valence-corrected chi connectivity index (χ2v) is 6.85. The number of carbonyl (C=O) groups is 2. The Labute approximate surface area is 134 Å². The fraction of sp³-hybridized carbons (Fsp3) is 0.500. The lowest BCUT2D eigenvalue weighted by Crippen LogP contribution is -2.41. The van der Waals surface area contributed by atoms with Crippen molar-refractivity contribution in [3.63, 3.8) is 0 Å². The van der Waals surface area contributed by atoms with Crippen LogP contribution in [0.4, 0.5) is 0 Å². The zero-order valence-electron chi connectivity index (χ0n) is 12.7. The number of carbonyl (C=O) groups excluding carboxylic acids is 1. The molecular formula is C16H21NO4S. The number of rotatable bonds is 5. The zero-order valence-corrected chi connectivity index (χ0v) is 13.6. The Morgan fingerprint density at radius 1 is 1.41 bits per heavy atom. The summed E-state index contributed by atoms with van der Waals surface area (Å²) in [5.74, 6) is -1.04. The second kappa shape index (κ2) is 7.65. The van der Waals surface area contributed by atoms with Crippen molar-refractivity contribution in [1.29, 1.82) is 0 Å². The molecule has 0 saturated carbocycles. The molecule has 1 saturated heterocycles. The molecule has 1 aliphatic heterocycles. The van der Waals surface area contributed by atoms with Gasteiger partial charge in [-0.25, -0.2) is 0 Å². The van der Waals surface area contributed by atoms with Crippen molar-refractivity contribution in [2.75, 3.05) is 6.61 Å². The van der Waals surface area contributed by atoms with E-state index in [4.69, 9.17) is 9.84 Å². The number of hydrogen-bond acceptors (Lipinski definition) is 4. The van der Waals surface area contributed by atoms with Crippen LogP contribution in [-0.2, 0) is 9.53 Å². The van der Waals surface area contributed by atoms with Gasteiger partial charge in [0, 0.05) is 17.5 Å². The Morgan fingerprint density at radius 2 is 2.14 bits per heavy atom. The van der Waals surface area contributed by atoms with E-state index in [-0.39, 0.29) is 18.1 Å². The summed E-state index contributed by atoms with van der Waals surface area (Å²) < 4.78 is 5.48. The van der Waals surface area contributed by atoms with Gasteiger partial charge in [-0.2, -0.15) is 0 Å². The molecule has 120 valence electrons. The van der Waals surface area contributed by atoms with Crippen molar-refractivity contribution in [2.45, 2.75) is 49.0 Å². The molecule has 0 bridgehead atoms. The SMILES string of the molecule is CC1CC(NC(=O)c2ccccc2SC(C)C(=O)O)CCO1. The van der Waals surface area contributed by atoms with Crippen LogP contribution in [0.25, 0.3) is 0 Å². The minimum absolute atomic E-state index is 0.103. The number of aliphatic carboxylic acids is 1. The maximum Gasteiger partial charge on any atom is 0.316 e. The van der Waals surface area contributed by atoms with Crippen LogP contribution < -0.4 is 5.32 Å². The van der Waals surface area contributed by atoms with E-state index >= 15 is 0 Å². The molecule has 0 aliphatic carbocycles. The summed E-state index contributed by atoms with van der Waals surface area (Å²) in [7, 11) is 0. The number of carboxylic acids is 1. The number of hydrogen-bond donors (Lipinski definition) is 2. The Kier molecular flexibility index (Phi) is 5.85. The summed E-state index contributed by atoms with van der Waals surface area (Å²) in [6.07, 6.45) is 1.75. The van der Waals surface area contributed by atoms with E-state index in [0.29, 0.717) is 17.1 Å². The molecule has 1 amide bonds. The Balaban J connectivity index is 2.07. The van der Waals surface area contributed by atoms with Crippen molar-refractivity contribution < 1.29 is 19.4 Å². The molecule has 3 atom stereocenters. The van der Waals surface area contributed by atoms with Crippen molar-refractivity contribution in [1.82, 2.24) is 5.32 Å². The minimum atomic E-state index is -0.890. The van der Waals surface area contributed by atoms with Crippen molar-refractivity contribution in [3.05, 3.63) is 29.8 Å². The lowest BCUT2D eigenvalue weighted by Gasteiger charge is -2.28. The molecular weight excluding hydrogens is 302 g/mol. The Bertz CT molecular complexity index is 549. The lowest BCUT2D eigenvalue weighted by atomic mass is 10.0. The first kappa shape index (κ1) is 16.8. The molecule has 0 radical (unpaired) electrons. The van der Waals surface area contributed by atoms with E-state index in [9.17, 15) is 9.59 Å². The number of ether oxygens (including phenoxy) is 1. The predicted molar refractivity (Wildman–Crippen MR) is 85.3 cm³/mol. The van der Waals surface area contributed by atoms with Gasteiger partial charge >= 0.3 is 5.97 Å². The highest BCUT2D eigenvalue weighted by molar-refractivity contribution is 8.00. The van der Waals surface area contributed by atoms with Crippen molar-refractivity contribution in [3.8, 4) is 0 Å². The van der Waals surface area contributed by atoms with Gasteiger partial charge in [-0.05, 0) is 38.8 Å². The van der Waals surface area contributed by atoms with Crippen LogP contribution in [0.1, 0.15) is 37.0 Å². The van der Waals surface area contributed by atoms with Gasteiger partial charge in [-0.3, -0.25) is 9.59 Å². The molecule has 2 rings (SSSR count). The third-order valence-corrected chi connectivity index (χ3v) is 4.77. The van der Waals surface area contributed by atoms with Crippen LogP contribution in [0.15, 0.2) is 29.2 Å². The monoisotopic (exact) mass is 323 g/mol. The molecule has 1 aromatic carbocycles. The van der Waals surface area contributed by atoms with E-state index in [2.05, 4.69) is 5.32 Å². The van der Waals surface area contributed by atoms with E-state index in [1.165, 1.54) is 11.8 Å². The zero-order chi connectivity index (χ0) is 16.1. The van der Waals surface area contributed by atoms with E-state index in [1.54, 1.807) is 25.1 Å². The number of nitrogens with one attached hydrogen (secondary N) is 1. The molecule has 2 N–H and O–H groups in total. The first-order valence-electron chi connectivity index (χ1n) is 7.38. The summed E-state index contributed by atoms with van der Waals surface area (Å²) in [4.78, 5) is 24.2. The first-order valence-corrected chi connectivity index (χ1v) is 8.26. The smallest absolute Gasteiger partial charge is 0.316 e. The van der Waals surface area contributed by atoms with Gasteiger partial charge in [0.15, 0.2) is 0 Å².